The van der Waals surface area contributed by atoms with Crippen LogP contribution in [0.3, 0.4) is 0 Å². The third kappa shape index (κ3) is 4.79. The molecule has 0 aliphatic heterocycles. The summed E-state index contributed by atoms with van der Waals surface area (Å²) in [6.07, 6.45) is 11.0. The normalized spacial score (nSPS) is 31.6. The fourth-order valence-electron chi connectivity index (χ4n) is 6.42. The van der Waals surface area contributed by atoms with E-state index in [0.29, 0.717) is 11.8 Å². The Morgan fingerprint density at radius 1 is 1.16 bits per heavy atom. The van der Waals surface area contributed by atoms with E-state index < -0.39 is 11.4 Å². The highest BCUT2D eigenvalue weighted by Crippen LogP contribution is 2.62. The predicted molar refractivity (Wildman–Crippen MR) is 125 cm³/mol. The minimum Gasteiger partial charge on any atom is -0.465 e. The summed E-state index contributed by atoms with van der Waals surface area (Å²) in [7, 11) is 0. The highest BCUT2D eigenvalue weighted by Gasteiger charge is 2.56. The lowest BCUT2D eigenvalue weighted by molar-refractivity contribution is -0.145. The van der Waals surface area contributed by atoms with Gasteiger partial charge in [-0.25, -0.2) is 0 Å². The Balaban J connectivity index is 1.68. The van der Waals surface area contributed by atoms with Gasteiger partial charge in [0.15, 0.2) is 0 Å². The molecule has 0 saturated heterocycles. The van der Waals surface area contributed by atoms with Crippen LogP contribution in [0, 0.1) is 28.6 Å². The molecule has 0 radical (unpaired) electrons. The summed E-state index contributed by atoms with van der Waals surface area (Å²) in [4.78, 5) is 36.9. The van der Waals surface area contributed by atoms with E-state index in [0.717, 1.165) is 38.5 Å². The van der Waals surface area contributed by atoms with Crippen LogP contribution in [0.4, 0.5) is 0 Å². The minimum atomic E-state index is -0.501. The van der Waals surface area contributed by atoms with Gasteiger partial charge in [-0.2, -0.15) is 0 Å². The molecule has 0 aromatic heterocycles. The van der Waals surface area contributed by atoms with E-state index in [4.69, 9.17) is 4.74 Å². The van der Waals surface area contributed by atoms with Crippen LogP contribution in [0.5, 0.6) is 0 Å². The van der Waals surface area contributed by atoms with Gasteiger partial charge >= 0.3 is 5.97 Å². The van der Waals surface area contributed by atoms with E-state index in [1.807, 2.05) is 0 Å². The number of carbonyl (C=O) groups is 3. The molecule has 2 N–H and O–H groups in total. The molecule has 0 bridgehead atoms. The summed E-state index contributed by atoms with van der Waals surface area (Å²) < 4.78 is 4.81. The van der Waals surface area contributed by atoms with Crippen molar-refractivity contribution >= 4 is 17.8 Å². The highest BCUT2D eigenvalue weighted by molar-refractivity contribution is 5.89. The van der Waals surface area contributed by atoms with E-state index in [1.165, 1.54) is 5.57 Å². The summed E-state index contributed by atoms with van der Waals surface area (Å²) in [5.74, 6) is 0.441. The molecule has 2 unspecified atom stereocenters. The van der Waals surface area contributed by atoms with Crippen LogP contribution < -0.4 is 10.6 Å². The van der Waals surface area contributed by atoms with Gasteiger partial charge in [0.2, 0.25) is 11.8 Å². The molecule has 32 heavy (non-hydrogen) atoms. The number of amides is 2. The summed E-state index contributed by atoms with van der Waals surface area (Å²) in [6, 6.07) is 0. The van der Waals surface area contributed by atoms with Crippen LogP contribution in [0.25, 0.3) is 0 Å². The number of esters is 1. The van der Waals surface area contributed by atoms with Crippen molar-refractivity contribution in [3.63, 3.8) is 0 Å². The highest BCUT2D eigenvalue weighted by atomic mass is 16.5. The molecule has 0 heterocycles. The predicted octanol–water partition coefficient (Wildman–Crippen LogP) is 3.92. The number of ether oxygens (including phenoxy) is 1. The van der Waals surface area contributed by atoms with Crippen molar-refractivity contribution in [2.75, 3.05) is 19.7 Å². The SMILES string of the molecule is CCOC(=O)CNC(=O)CNC(=O)[C@]1(C)CCC[C@]2(C)C3CCC(C(C)C)=CC3=CCC21. The fourth-order valence-corrected chi connectivity index (χ4v) is 6.42. The third-order valence-corrected chi connectivity index (χ3v) is 8.24. The van der Waals surface area contributed by atoms with Gasteiger partial charge in [-0.15, -0.1) is 0 Å². The maximum atomic E-state index is 13.3. The molecule has 6 nitrogen and oxygen atoms in total. The van der Waals surface area contributed by atoms with Crippen molar-refractivity contribution in [2.45, 2.75) is 73.1 Å². The molecule has 1 fully saturated rings. The van der Waals surface area contributed by atoms with Gasteiger partial charge in [-0.3, -0.25) is 14.4 Å². The maximum Gasteiger partial charge on any atom is 0.325 e. The quantitative estimate of drug-likeness (QED) is 0.583. The molecule has 2 amide bonds. The lowest BCUT2D eigenvalue weighted by Crippen LogP contribution is -2.56. The van der Waals surface area contributed by atoms with Crippen LogP contribution in [0.2, 0.25) is 0 Å². The number of carbonyl (C=O) groups excluding carboxylic acids is 3. The summed E-state index contributed by atoms with van der Waals surface area (Å²) >= 11 is 0. The Morgan fingerprint density at radius 2 is 1.91 bits per heavy atom. The molecule has 3 rings (SSSR count). The number of rotatable bonds is 7. The van der Waals surface area contributed by atoms with Crippen LogP contribution in [-0.2, 0) is 19.1 Å². The lowest BCUT2D eigenvalue weighted by atomic mass is 9.46. The molecule has 0 spiro atoms. The van der Waals surface area contributed by atoms with Crippen molar-refractivity contribution in [3.8, 4) is 0 Å². The molecule has 1 saturated carbocycles. The molecular weight excluding hydrogens is 404 g/mol. The van der Waals surface area contributed by atoms with Crippen LogP contribution in [0.1, 0.15) is 73.1 Å². The smallest absolute Gasteiger partial charge is 0.325 e. The summed E-state index contributed by atoms with van der Waals surface area (Å²) in [6.45, 7) is 10.7. The average molecular weight is 445 g/mol. The van der Waals surface area contributed by atoms with E-state index in [9.17, 15) is 14.4 Å². The van der Waals surface area contributed by atoms with Gasteiger partial charge in [0, 0.05) is 0 Å². The Kier molecular flexibility index (Phi) is 7.51. The molecule has 3 aliphatic carbocycles. The van der Waals surface area contributed by atoms with Crippen molar-refractivity contribution in [2.24, 2.45) is 28.6 Å². The molecule has 0 aromatic rings. The first-order valence-electron chi connectivity index (χ1n) is 12.2. The van der Waals surface area contributed by atoms with E-state index in [2.05, 4.69) is 50.5 Å². The second kappa shape index (κ2) is 9.80. The molecule has 3 aliphatic rings. The average Bonchev–Trinajstić information content (AvgIpc) is 2.75. The number of hydrogen-bond acceptors (Lipinski definition) is 4. The van der Waals surface area contributed by atoms with Gasteiger partial charge < -0.3 is 15.4 Å². The minimum absolute atomic E-state index is 0.0502. The van der Waals surface area contributed by atoms with Gasteiger partial charge in [0.1, 0.15) is 6.54 Å². The standard InChI is InChI=1S/C26H40N2O4/c1-6-32-23(30)16-27-22(29)15-28-24(31)26(5)13-7-12-25(4)20-10-8-18(17(2)3)14-19(20)9-11-21(25)26/h9,14,17,20-21H,6-8,10-13,15-16H2,1-5H3,(H,27,29)(H,28,31)/t20?,21?,25-,26-/m1/s1. The Morgan fingerprint density at radius 3 is 2.59 bits per heavy atom. The first kappa shape index (κ1) is 24.5. The van der Waals surface area contributed by atoms with Gasteiger partial charge in [0.05, 0.1) is 18.6 Å². The van der Waals surface area contributed by atoms with Crippen LogP contribution in [-0.4, -0.2) is 37.5 Å². The molecule has 4 atom stereocenters. The van der Waals surface area contributed by atoms with E-state index in [-0.39, 0.29) is 42.8 Å². The Labute approximate surface area is 192 Å². The van der Waals surface area contributed by atoms with E-state index >= 15 is 0 Å². The van der Waals surface area contributed by atoms with Crippen molar-refractivity contribution in [3.05, 3.63) is 23.3 Å². The molecular formula is C26H40N2O4. The lowest BCUT2D eigenvalue weighted by Gasteiger charge is -2.57. The zero-order valence-corrected chi connectivity index (χ0v) is 20.4. The zero-order valence-electron chi connectivity index (χ0n) is 20.4. The monoisotopic (exact) mass is 444 g/mol. The molecule has 178 valence electrons. The van der Waals surface area contributed by atoms with Crippen molar-refractivity contribution < 1.29 is 19.1 Å². The van der Waals surface area contributed by atoms with E-state index in [1.54, 1.807) is 12.5 Å². The maximum absolute atomic E-state index is 13.3. The van der Waals surface area contributed by atoms with Gasteiger partial charge in [-0.05, 0) is 67.8 Å². The Hall–Kier alpha value is -2.11. The van der Waals surface area contributed by atoms with Gasteiger partial charge in [-0.1, -0.05) is 51.8 Å². The third-order valence-electron chi connectivity index (χ3n) is 8.24. The summed E-state index contributed by atoms with van der Waals surface area (Å²) in [5, 5.41) is 5.37. The van der Waals surface area contributed by atoms with Crippen molar-refractivity contribution in [1.29, 1.82) is 0 Å². The Bertz CT molecular complexity index is 815. The number of fused-ring (bicyclic) bond motifs is 3. The first-order chi connectivity index (χ1) is 15.1. The molecule has 0 aromatic carbocycles. The second-order valence-corrected chi connectivity index (χ2v) is 10.5. The number of hydrogen-bond donors (Lipinski definition) is 2. The number of allylic oxidation sites excluding steroid dienone is 4. The second-order valence-electron chi connectivity index (χ2n) is 10.5. The first-order valence-corrected chi connectivity index (χ1v) is 12.2. The van der Waals surface area contributed by atoms with Crippen LogP contribution in [0.15, 0.2) is 23.3 Å². The summed E-state index contributed by atoms with van der Waals surface area (Å²) in [5.41, 5.74) is 2.61. The zero-order chi connectivity index (χ0) is 23.5. The van der Waals surface area contributed by atoms with Crippen LogP contribution >= 0.6 is 0 Å². The fraction of sp³-hybridized carbons (Fsp3) is 0.731. The largest absolute Gasteiger partial charge is 0.465 e. The molecule has 6 heteroatoms. The van der Waals surface area contributed by atoms with Gasteiger partial charge in [0.25, 0.3) is 0 Å². The number of nitrogens with one attached hydrogen (secondary N) is 2. The topological polar surface area (TPSA) is 84.5 Å². The van der Waals surface area contributed by atoms with Crippen molar-refractivity contribution in [1.82, 2.24) is 10.6 Å².